The fraction of sp³-hybridized carbons (Fsp3) is 0.154. The van der Waals surface area contributed by atoms with Gasteiger partial charge in [-0.3, -0.25) is 14.5 Å². The van der Waals surface area contributed by atoms with Crippen LogP contribution in [0.1, 0.15) is 16.7 Å². The minimum absolute atomic E-state index is 0.146. The van der Waals surface area contributed by atoms with Crippen molar-refractivity contribution in [3.8, 4) is 11.5 Å². The van der Waals surface area contributed by atoms with Crippen molar-refractivity contribution in [1.29, 1.82) is 0 Å². The maximum Gasteiger partial charge on any atom is 0.293 e. The van der Waals surface area contributed by atoms with Gasteiger partial charge in [0.1, 0.15) is 24.7 Å². The number of amides is 2. The highest BCUT2D eigenvalue weighted by Gasteiger charge is 2.34. The number of rotatable bonds is 8. The van der Waals surface area contributed by atoms with Crippen molar-refractivity contribution in [2.75, 3.05) is 13.2 Å². The number of halogens is 1. The first-order valence-electron chi connectivity index (χ1n) is 10.4. The third-order valence-corrected chi connectivity index (χ3v) is 6.18. The summed E-state index contributed by atoms with van der Waals surface area (Å²) >= 11 is 6.99. The minimum Gasteiger partial charge on any atom is -0.490 e. The van der Waals surface area contributed by atoms with Crippen molar-refractivity contribution < 1.29 is 19.1 Å². The molecule has 2 amide bonds. The zero-order chi connectivity index (χ0) is 23.2. The number of hydrogen-bond acceptors (Lipinski definition) is 5. The Bertz CT molecular complexity index is 1190. The second-order valence-electron chi connectivity index (χ2n) is 7.46. The number of carbonyl (C=O) groups is 2. The Labute approximate surface area is 202 Å². The number of para-hydroxylation sites is 1. The smallest absolute Gasteiger partial charge is 0.293 e. The third kappa shape index (κ3) is 5.97. The summed E-state index contributed by atoms with van der Waals surface area (Å²) in [5.41, 5.74) is 3.06. The van der Waals surface area contributed by atoms with Gasteiger partial charge < -0.3 is 9.47 Å². The Kier molecular flexibility index (Phi) is 7.37. The lowest BCUT2D eigenvalue weighted by atomic mass is 10.1. The van der Waals surface area contributed by atoms with Crippen LogP contribution in [0, 0.1) is 6.92 Å². The van der Waals surface area contributed by atoms with Crippen LogP contribution in [0.2, 0.25) is 5.02 Å². The second kappa shape index (κ2) is 10.6. The molecule has 33 heavy (non-hydrogen) atoms. The van der Waals surface area contributed by atoms with E-state index in [-0.39, 0.29) is 24.3 Å². The highest BCUT2D eigenvalue weighted by Crippen LogP contribution is 2.33. The molecule has 7 heteroatoms. The van der Waals surface area contributed by atoms with E-state index in [1.807, 2.05) is 61.5 Å². The molecule has 5 nitrogen and oxygen atoms in total. The average molecular weight is 480 g/mol. The van der Waals surface area contributed by atoms with E-state index in [0.717, 1.165) is 22.9 Å². The van der Waals surface area contributed by atoms with Crippen molar-refractivity contribution in [2.24, 2.45) is 0 Å². The van der Waals surface area contributed by atoms with Crippen molar-refractivity contribution >= 4 is 40.6 Å². The van der Waals surface area contributed by atoms with Crippen molar-refractivity contribution in [1.82, 2.24) is 4.90 Å². The molecule has 1 fully saturated rings. The summed E-state index contributed by atoms with van der Waals surface area (Å²) in [5.74, 6) is 0.875. The summed E-state index contributed by atoms with van der Waals surface area (Å²) < 4.78 is 11.5. The van der Waals surface area contributed by atoms with E-state index in [9.17, 15) is 9.59 Å². The topological polar surface area (TPSA) is 55.8 Å². The van der Waals surface area contributed by atoms with Crippen LogP contribution in [-0.4, -0.2) is 29.2 Å². The molecule has 1 heterocycles. The Morgan fingerprint density at radius 1 is 0.970 bits per heavy atom. The zero-order valence-electron chi connectivity index (χ0n) is 18.0. The lowest BCUT2D eigenvalue weighted by Crippen LogP contribution is -2.32. The molecule has 0 saturated carbocycles. The predicted octanol–water partition coefficient (Wildman–Crippen LogP) is 6.34. The van der Waals surface area contributed by atoms with Gasteiger partial charge in [-0.2, -0.15) is 0 Å². The number of ether oxygens (including phenoxy) is 2. The predicted molar refractivity (Wildman–Crippen MR) is 132 cm³/mol. The van der Waals surface area contributed by atoms with Crippen LogP contribution in [0.4, 0.5) is 4.79 Å². The summed E-state index contributed by atoms with van der Waals surface area (Å²) in [6, 6.07) is 22.7. The lowest BCUT2D eigenvalue weighted by Gasteiger charge is -2.13. The number of hydrogen-bond donors (Lipinski definition) is 0. The van der Waals surface area contributed by atoms with Gasteiger partial charge in [0.2, 0.25) is 0 Å². The Hall–Kier alpha value is -3.22. The SMILES string of the molecule is Cc1ccc(COc2cccc(/C=C3\SC(=O)N(CCOc4ccccc4Cl)C3=O)c2)cc1. The van der Waals surface area contributed by atoms with E-state index in [4.69, 9.17) is 21.1 Å². The van der Waals surface area contributed by atoms with Crippen LogP contribution in [-0.2, 0) is 11.4 Å². The zero-order valence-corrected chi connectivity index (χ0v) is 19.6. The van der Waals surface area contributed by atoms with Gasteiger partial charge in [0.05, 0.1) is 16.5 Å². The number of benzene rings is 3. The molecule has 3 aromatic rings. The Balaban J connectivity index is 1.37. The van der Waals surface area contributed by atoms with E-state index >= 15 is 0 Å². The molecule has 3 aromatic carbocycles. The molecule has 1 aliphatic rings. The fourth-order valence-electron chi connectivity index (χ4n) is 3.20. The monoisotopic (exact) mass is 479 g/mol. The average Bonchev–Trinajstić information content (AvgIpc) is 3.07. The van der Waals surface area contributed by atoms with Gasteiger partial charge >= 0.3 is 0 Å². The summed E-state index contributed by atoms with van der Waals surface area (Å²) in [7, 11) is 0. The molecule has 168 valence electrons. The Morgan fingerprint density at radius 2 is 1.76 bits per heavy atom. The Morgan fingerprint density at radius 3 is 2.55 bits per heavy atom. The minimum atomic E-state index is -0.335. The van der Waals surface area contributed by atoms with Crippen molar-refractivity contribution in [3.05, 3.63) is 99.4 Å². The highest BCUT2D eigenvalue weighted by molar-refractivity contribution is 8.18. The molecular weight excluding hydrogens is 458 g/mol. The van der Waals surface area contributed by atoms with Gasteiger partial charge in [-0.1, -0.05) is 65.7 Å². The number of nitrogens with zero attached hydrogens (tertiary/aromatic N) is 1. The summed E-state index contributed by atoms with van der Waals surface area (Å²) in [6.07, 6.45) is 1.71. The molecule has 0 aliphatic carbocycles. The van der Waals surface area contributed by atoms with E-state index in [1.165, 1.54) is 10.5 Å². The van der Waals surface area contributed by atoms with Gasteiger partial charge in [0.15, 0.2) is 0 Å². The van der Waals surface area contributed by atoms with E-state index < -0.39 is 0 Å². The summed E-state index contributed by atoms with van der Waals surface area (Å²) in [5, 5.41) is 0.164. The largest absolute Gasteiger partial charge is 0.490 e. The molecule has 4 rings (SSSR count). The maximum atomic E-state index is 12.8. The summed E-state index contributed by atoms with van der Waals surface area (Å²) in [4.78, 5) is 26.7. The van der Waals surface area contributed by atoms with Crippen molar-refractivity contribution in [2.45, 2.75) is 13.5 Å². The van der Waals surface area contributed by atoms with Gasteiger partial charge in [0.25, 0.3) is 11.1 Å². The maximum absolute atomic E-state index is 12.8. The van der Waals surface area contributed by atoms with Crippen LogP contribution in [0.25, 0.3) is 6.08 Å². The second-order valence-corrected chi connectivity index (χ2v) is 8.86. The van der Waals surface area contributed by atoms with Crippen molar-refractivity contribution in [3.63, 3.8) is 0 Å². The first-order valence-corrected chi connectivity index (χ1v) is 11.6. The van der Waals surface area contributed by atoms with Crippen LogP contribution in [0.15, 0.2) is 77.7 Å². The molecule has 1 aliphatic heterocycles. The van der Waals surface area contributed by atoms with Crippen LogP contribution in [0.5, 0.6) is 11.5 Å². The third-order valence-electron chi connectivity index (χ3n) is 4.96. The van der Waals surface area contributed by atoms with Crippen LogP contribution < -0.4 is 9.47 Å². The molecule has 0 bridgehead atoms. The highest BCUT2D eigenvalue weighted by atomic mass is 35.5. The molecule has 1 saturated heterocycles. The normalized spacial score (nSPS) is 14.7. The van der Waals surface area contributed by atoms with E-state index in [0.29, 0.717) is 28.0 Å². The molecular formula is C26H22ClNO4S. The number of imide groups is 1. The number of aryl methyl sites for hydroxylation is 1. The molecule has 0 spiro atoms. The van der Waals surface area contributed by atoms with E-state index in [2.05, 4.69) is 0 Å². The summed E-state index contributed by atoms with van der Waals surface area (Å²) in [6.45, 7) is 2.80. The fourth-order valence-corrected chi connectivity index (χ4v) is 4.25. The van der Waals surface area contributed by atoms with Gasteiger partial charge in [-0.05, 0) is 60.2 Å². The van der Waals surface area contributed by atoms with Gasteiger partial charge in [-0.15, -0.1) is 0 Å². The number of carbonyl (C=O) groups excluding carboxylic acids is 2. The van der Waals surface area contributed by atoms with Gasteiger partial charge in [0, 0.05) is 0 Å². The quantitative estimate of drug-likeness (QED) is 0.353. The standard InChI is InChI=1S/C26H22ClNO4S/c1-18-9-11-19(12-10-18)17-32-21-6-4-5-20(15-21)16-24-25(29)28(26(30)33-24)13-14-31-23-8-3-2-7-22(23)27/h2-12,15-16H,13-14,17H2,1H3/b24-16-. The molecule has 0 unspecified atom stereocenters. The molecule has 0 atom stereocenters. The first-order chi connectivity index (χ1) is 16.0. The number of thioether (sulfide) groups is 1. The van der Waals surface area contributed by atoms with E-state index in [1.54, 1.807) is 24.3 Å². The molecule has 0 aromatic heterocycles. The lowest BCUT2D eigenvalue weighted by molar-refractivity contribution is -0.123. The molecule has 0 radical (unpaired) electrons. The first kappa shape index (κ1) is 23.0. The van der Waals surface area contributed by atoms with Gasteiger partial charge in [-0.25, -0.2) is 0 Å². The van der Waals surface area contributed by atoms with Crippen LogP contribution >= 0.6 is 23.4 Å². The molecule has 0 N–H and O–H groups in total. The van der Waals surface area contributed by atoms with Crippen LogP contribution in [0.3, 0.4) is 0 Å².